The van der Waals surface area contributed by atoms with Crippen molar-refractivity contribution in [3.63, 3.8) is 0 Å². The second-order valence-electron chi connectivity index (χ2n) is 4.27. The van der Waals surface area contributed by atoms with Crippen LogP contribution in [0.2, 0.25) is 0 Å². The smallest absolute Gasteiger partial charge is 0.323 e. The van der Waals surface area contributed by atoms with Crippen molar-refractivity contribution in [2.75, 3.05) is 17.7 Å². The van der Waals surface area contributed by atoms with Crippen LogP contribution in [-0.2, 0) is 0 Å². The number of amides is 2. The topological polar surface area (TPSA) is 114 Å². The van der Waals surface area contributed by atoms with E-state index in [9.17, 15) is 20.0 Å². The molecule has 0 heterocycles. The molecular weight excluding hydrogens is 290 g/mol. The van der Waals surface area contributed by atoms with Gasteiger partial charge in [0.05, 0.1) is 23.8 Å². The van der Waals surface area contributed by atoms with Gasteiger partial charge in [-0.3, -0.25) is 10.1 Å². The summed E-state index contributed by atoms with van der Waals surface area (Å²) in [7, 11) is 1.51. The van der Waals surface area contributed by atoms with E-state index in [2.05, 4.69) is 10.6 Å². The molecule has 2 aromatic carbocycles. The quantitative estimate of drug-likeness (QED) is 0.456. The molecule has 0 aliphatic rings. The number of nitro benzene ring substituents is 1. The van der Waals surface area contributed by atoms with Crippen LogP contribution in [0.5, 0.6) is 11.5 Å². The van der Waals surface area contributed by atoms with E-state index in [-0.39, 0.29) is 11.4 Å². The molecule has 2 amide bonds. The fourth-order valence-corrected chi connectivity index (χ4v) is 1.72. The number of carbonyl (C=O) groups excluding carboxylic acids is 1. The molecule has 0 aliphatic carbocycles. The molecule has 0 saturated heterocycles. The molecule has 2 rings (SSSR count). The number of anilines is 2. The molecule has 2 aromatic rings. The molecule has 0 aromatic heterocycles. The molecule has 0 unspecified atom stereocenters. The Bertz CT molecular complexity index is 717. The molecule has 0 fully saturated rings. The largest absolute Gasteiger partial charge is 0.506 e. The van der Waals surface area contributed by atoms with Crippen molar-refractivity contribution in [2.24, 2.45) is 0 Å². The van der Waals surface area contributed by atoms with Crippen LogP contribution in [-0.4, -0.2) is 23.2 Å². The van der Waals surface area contributed by atoms with Gasteiger partial charge in [0, 0.05) is 17.8 Å². The van der Waals surface area contributed by atoms with Gasteiger partial charge in [0.1, 0.15) is 11.5 Å². The summed E-state index contributed by atoms with van der Waals surface area (Å²) in [6.07, 6.45) is 0. The number of methoxy groups -OCH3 is 1. The number of phenols is 1. The number of hydrogen-bond acceptors (Lipinski definition) is 5. The summed E-state index contributed by atoms with van der Waals surface area (Å²) in [4.78, 5) is 21.8. The van der Waals surface area contributed by atoms with Crippen molar-refractivity contribution in [1.29, 1.82) is 0 Å². The zero-order valence-corrected chi connectivity index (χ0v) is 11.6. The third kappa shape index (κ3) is 3.63. The Morgan fingerprint density at radius 2 is 2.00 bits per heavy atom. The lowest BCUT2D eigenvalue weighted by Crippen LogP contribution is -2.19. The minimum absolute atomic E-state index is 0.0611. The first-order valence-electron chi connectivity index (χ1n) is 6.19. The van der Waals surface area contributed by atoms with Crippen LogP contribution in [0.25, 0.3) is 0 Å². The molecule has 0 atom stereocenters. The first-order chi connectivity index (χ1) is 10.5. The average molecular weight is 303 g/mol. The molecule has 114 valence electrons. The summed E-state index contributed by atoms with van der Waals surface area (Å²) in [6.45, 7) is 0. The molecule has 8 heteroatoms. The Labute approximate surface area is 125 Å². The van der Waals surface area contributed by atoms with Crippen molar-refractivity contribution in [1.82, 2.24) is 0 Å². The molecule has 0 radical (unpaired) electrons. The molecule has 8 nitrogen and oxygen atoms in total. The number of nitrogens with one attached hydrogen (secondary N) is 2. The maximum absolute atomic E-state index is 11.8. The predicted molar refractivity (Wildman–Crippen MR) is 80.4 cm³/mol. The highest BCUT2D eigenvalue weighted by Crippen LogP contribution is 2.28. The van der Waals surface area contributed by atoms with Gasteiger partial charge in [-0.25, -0.2) is 4.79 Å². The lowest BCUT2D eigenvalue weighted by atomic mass is 10.2. The third-order valence-electron chi connectivity index (χ3n) is 2.77. The fraction of sp³-hybridized carbons (Fsp3) is 0.0714. The van der Waals surface area contributed by atoms with Gasteiger partial charge in [-0.05, 0) is 18.2 Å². The summed E-state index contributed by atoms with van der Waals surface area (Å²) in [5.41, 5.74) is 0.292. The van der Waals surface area contributed by atoms with Gasteiger partial charge in [-0.1, -0.05) is 6.07 Å². The summed E-state index contributed by atoms with van der Waals surface area (Å²) < 4.78 is 5.03. The normalized spacial score (nSPS) is 9.86. The van der Waals surface area contributed by atoms with Gasteiger partial charge in [-0.2, -0.15) is 0 Å². The Balaban J connectivity index is 2.07. The monoisotopic (exact) mass is 303 g/mol. The zero-order valence-electron chi connectivity index (χ0n) is 11.6. The Hall–Kier alpha value is -3.29. The van der Waals surface area contributed by atoms with E-state index >= 15 is 0 Å². The summed E-state index contributed by atoms with van der Waals surface area (Å²) in [5, 5.41) is 25.2. The van der Waals surface area contributed by atoms with Crippen LogP contribution in [0.15, 0.2) is 42.5 Å². The minimum Gasteiger partial charge on any atom is -0.506 e. The third-order valence-corrected chi connectivity index (χ3v) is 2.77. The highest BCUT2D eigenvalue weighted by molar-refractivity contribution is 6.00. The SMILES string of the molecule is COc1cccc(NC(=O)Nc2ccc([N+](=O)[O-])cc2O)c1. The molecule has 0 spiro atoms. The molecule has 3 N–H and O–H groups in total. The van der Waals surface area contributed by atoms with E-state index in [4.69, 9.17) is 4.74 Å². The van der Waals surface area contributed by atoms with E-state index in [1.807, 2.05) is 0 Å². The van der Waals surface area contributed by atoms with Crippen LogP contribution in [0.4, 0.5) is 21.9 Å². The number of carbonyl (C=O) groups is 1. The van der Waals surface area contributed by atoms with Crippen LogP contribution in [0.1, 0.15) is 0 Å². The number of non-ortho nitro benzene ring substituents is 1. The van der Waals surface area contributed by atoms with Crippen molar-refractivity contribution in [3.05, 3.63) is 52.6 Å². The number of ether oxygens (including phenoxy) is 1. The van der Waals surface area contributed by atoms with Crippen LogP contribution >= 0.6 is 0 Å². The number of nitrogens with zero attached hydrogens (tertiary/aromatic N) is 1. The van der Waals surface area contributed by atoms with Crippen LogP contribution in [0.3, 0.4) is 0 Å². The van der Waals surface area contributed by atoms with Gasteiger partial charge < -0.3 is 20.5 Å². The van der Waals surface area contributed by atoms with Crippen molar-refractivity contribution in [2.45, 2.75) is 0 Å². The maximum atomic E-state index is 11.8. The number of aromatic hydroxyl groups is 1. The first-order valence-corrected chi connectivity index (χ1v) is 6.19. The highest BCUT2D eigenvalue weighted by atomic mass is 16.6. The number of benzene rings is 2. The highest BCUT2D eigenvalue weighted by Gasteiger charge is 2.12. The predicted octanol–water partition coefficient (Wildman–Crippen LogP) is 2.95. The summed E-state index contributed by atoms with van der Waals surface area (Å²) in [5.74, 6) is 0.186. The van der Waals surface area contributed by atoms with E-state index in [1.165, 1.54) is 19.2 Å². The first kappa shape index (κ1) is 15.1. The van der Waals surface area contributed by atoms with Gasteiger partial charge in [0.25, 0.3) is 5.69 Å². The standard InChI is InChI=1S/C14H13N3O5/c1-22-11-4-2-3-9(7-11)15-14(19)16-12-6-5-10(17(20)21)8-13(12)18/h2-8,18H,1H3,(H2,15,16,19). The van der Waals surface area contributed by atoms with Crippen LogP contribution in [0, 0.1) is 10.1 Å². The van der Waals surface area contributed by atoms with E-state index < -0.39 is 16.7 Å². The Morgan fingerprint density at radius 1 is 1.23 bits per heavy atom. The fourth-order valence-electron chi connectivity index (χ4n) is 1.72. The number of rotatable bonds is 4. The molecule has 0 aliphatic heterocycles. The van der Waals surface area contributed by atoms with Gasteiger partial charge in [-0.15, -0.1) is 0 Å². The Morgan fingerprint density at radius 3 is 2.64 bits per heavy atom. The lowest BCUT2D eigenvalue weighted by Gasteiger charge is -2.09. The van der Waals surface area contributed by atoms with E-state index in [0.717, 1.165) is 6.07 Å². The van der Waals surface area contributed by atoms with Crippen molar-refractivity contribution in [3.8, 4) is 11.5 Å². The van der Waals surface area contributed by atoms with Gasteiger partial charge >= 0.3 is 6.03 Å². The number of hydrogen-bond donors (Lipinski definition) is 3. The lowest BCUT2D eigenvalue weighted by molar-refractivity contribution is -0.384. The number of urea groups is 1. The van der Waals surface area contributed by atoms with Gasteiger partial charge in [0.15, 0.2) is 0 Å². The number of phenolic OH excluding ortho intramolecular Hbond substituents is 1. The van der Waals surface area contributed by atoms with E-state index in [1.54, 1.807) is 24.3 Å². The maximum Gasteiger partial charge on any atom is 0.323 e. The number of nitro groups is 1. The Kier molecular flexibility index (Phi) is 4.42. The molecule has 22 heavy (non-hydrogen) atoms. The zero-order chi connectivity index (χ0) is 16.1. The van der Waals surface area contributed by atoms with Crippen molar-refractivity contribution >= 4 is 23.1 Å². The van der Waals surface area contributed by atoms with Crippen LogP contribution < -0.4 is 15.4 Å². The molecule has 0 saturated carbocycles. The van der Waals surface area contributed by atoms with Crippen molar-refractivity contribution < 1.29 is 19.6 Å². The summed E-state index contributed by atoms with van der Waals surface area (Å²) >= 11 is 0. The minimum atomic E-state index is -0.639. The van der Waals surface area contributed by atoms with Gasteiger partial charge in [0.2, 0.25) is 0 Å². The average Bonchev–Trinajstić information content (AvgIpc) is 2.49. The van der Waals surface area contributed by atoms with E-state index in [0.29, 0.717) is 11.4 Å². The molecular formula is C14H13N3O5. The summed E-state index contributed by atoms with van der Waals surface area (Å²) in [6, 6.07) is 9.51. The second-order valence-corrected chi connectivity index (χ2v) is 4.27. The molecule has 0 bridgehead atoms. The second kappa shape index (κ2) is 6.44.